The highest BCUT2D eigenvalue weighted by molar-refractivity contribution is 7.09. The second kappa shape index (κ2) is 8.21. The fraction of sp³-hybridized carbons (Fsp3) is 0.562. The first kappa shape index (κ1) is 17.6. The minimum absolute atomic E-state index is 0.0200. The molecule has 0 spiro atoms. The van der Waals surface area contributed by atoms with Gasteiger partial charge in [0.1, 0.15) is 5.76 Å². The Morgan fingerprint density at radius 2 is 2.22 bits per heavy atom. The number of unbranched alkanes of at least 4 members (excludes halogenated alkanes) is 1. The molecule has 2 N–H and O–H groups in total. The van der Waals surface area contributed by atoms with Gasteiger partial charge in [-0.1, -0.05) is 24.9 Å². The zero-order chi connectivity index (χ0) is 16.8. The van der Waals surface area contributed by atoms with Crippen molar-refractivity contribution in [3.8, 4) is 0 Å². The Morgan fingerprint density at radius 3 is 2.78 bits per heavy atom. The molecule has 0 radical (unpaired) electrons. The van der Waals surface area contributed by atoms with Crippen molar-refractivity contribution >= 4 is 23.1 Å². The lowest BCUT2D eigenvalue weighted by Crippen LogP contribution is -2.42. The molecule has 2 heterocycles. The fourth-order valence-electron chi connectivity index (χ4n) is 2.30. The topological polar surface area (TPSA) is 80.0 Å². The highest BCUT2D eigenvalue weighted by atomic mass is 32.1. The van der Waals surface area contributed by atoms with Crippen LogP contribution < -0.4 is 10.6 Å². The number of rotatable bonds is 8. The van der Waals surface area contributed by atoms with Crippen molar-refractivity contribution in [1.82, 2.24) is 15.5 Å². The van der Waals surface area contributed by atoms with Crippen molar-refractivity contribution < 1.29 is 9.32 Å². The third-order valence-electron chi connectivity index (χ3n) is 3.57. The highest BCUT2D eigenvalue weighted by Crippen LogP contribution is 2.18. The van der Waals surface area contributed by atoms with Crippen LogP contribution in [-0.4, -0.2) is 22.1 Å². The molecule has 7 heteroatoms. The molecule has 6 nitrogen and oxygen atoms in total. The van der Waals surface area contributed by atoms with Crippen LogP contribution in [0.5, 0.6) is 0 Å². The van der Waals surface area contributed by atoms with E-state index in [-0.39, 0.29) is 18.0 Å². The van der Waals surface area contributed by atoms with E-state index >= 15 is 0 Å². The summed E-state index contributed by atoms with van der Waals surface area (Å²) in [7, 11) is 0. The van der Waals surface area contributed by atoms with Gasteiger partial charge in [-0.3, -0.25) is 10.1 Å². The summed E-state index contributed by atoms with van der Waals surface area (Å²) in [5, 5.41) is 13.1. The largest absolute Gasteiger partial charge is 0.360 e. The van der Waals surface area contributed by atoms with Crippen molar-refractivity contribution in [2.45, 2.75) is 59.0 Å². The quantitative estimate of drug-likeness (QED) is 0.770. The Kier molecular flexibility index (Phi) is 6.29. The Labute approximate surface area is 140 Å². The molecular formula is C16H24N4O2S. The standard InChI is InChI=1S/C16H24N4O2S/c1-5-6-7-13(16(21)19-15-8-10(2)22-20-15)17-11(3)14-9-23-12(4)18-14/h8-9,11,13,17H,5-7H2,1-4H3,(H,19,20,21)/t11-,13-/m1/s1. The molecule has 0 aliphatic carbocycles. The SMILES string of the molecule is CCCC[C@@H](N[C@H](C)c1csc(C)n1)C(=O)Nc1cc(C)on1. The zero-order valence-corrected chi connectivity index (χ0v) is 14.9. The molecule has 126 valence electrons. The Balaban J connectivity index is 2.01. The summed E-state index contributed by atoms with van der Waals surface area (Å²) in [5.41, 5.74) is 0.971. The molecule has 2 rings (SSSR count). The second-order valence-electron chi connectivity index (χ2n) is 5.69. The summed E-state index contributed by atoms with van der Waals surface area (Å²) >= 11 is 1.62. The first-order valence-corrected chi connectivity index (χ1v) is 8.79. The van der Waals surface area contributed by atoms with Crippen molar-refractivity contribution in [2.24, 2.45) is 0 Å². The van der Waals surface area contributed by atoms with Gasteiger partial charge in [0.05, 0.1) is 16.7 Å². The monoisotopic (exact) mass is 336 g/mol. The maximum atomic E-state index is 12.5. The molecule has 1 amide bonds. The fourth-order valence-corrected chi connectivity index (χ4v) is 3.01. The van der Waals surface area contributed by atoms with E-state index in [0.29, 0.717) is 11.6 Å². The van der Waals surface area contributed by atoms with Crippen LogP contribution in [0.4, 0.5) is 5.82 Å². The first-order valence-electron chi connectivity index (χ1n) is 7.91. The molecule has 0 unspecified atom stereocenters. The molecule has 0 aliphatic rings. The molecule has 2 aromatic rings. The van der Waals surface area contributed by atoms with Gasteiger partial charge in [-0.05, 0) is 27.2 Å². The van der Waals surface area contributed by atoms with Crippen molar-refractivity contribution in [3.05, 3.63) is 27.9 Å². The van der Waals surface area contributed by atoms with Crippen LogP contribution in [0.3, 0.4) is 0 Å². The van der Waals surface area contributed by atoms with Gasteiger partial charge in [0, 0.05) is 17.5 Å². The highest BCUT2D eigenvalue weighted by Gasteiger charge is 2.22. The van der Waals surface area contributed by atoms with E-state index in [9.17, 15) is 4.79 Å². The van der Waals surface area contributed by atoms with E-state index in [1.165, 1.54) is 0 Å². The van der Waals surface area contributed by atoms with Gasteiger partial charge < -0.3 is 9.84 Å². The predicted molar refractivity (Wildman–Crippen MR) is 91.6 cm³/mol. The predicted octanol–water partition coefficient (Wildman–Crippen LogP) is 3.60. The third kappa shape index (κ3) is 5.14. The first-order chi connectivity index (χ1) is 11.0. The summed E-state index contributed by atoms with van der Waals surface area (Å²) in [6.07, 6.45) is 2.79. The van der Waals surface area contributed by atoms with Crippen molar-refractivity contribution in [1.29, 1.82) is 0 Å². The normalized spacial score (nSPS) is 13.7. The maximum absolute atomic E-state index is 12.5. The molecule has 23 heavy (non-hydrogen) atoms. The van der Waals surface area contributed by atoms with E-state index < -0.39 is 0 Å². The number of carbonyl (C=O) groups is 1. The molecule has 0 aromatic carbocycles. The maximum Gasteiger partial charge on any atom is 0.242 e. The van der Waals surface area contributed by atoms with Gasteiger partial charge in [0.25, 0.3) is 0 Å². The van der Waals surface area contributed by atoms with E-state index in [1.807, 2.05) is 19.2 Å². The minimum Gasteiger partial charge on any atom is -0.360 e. The number of amides is 1. The van der Waals surface area contributed by atoms with Crippen LogP contribution in [0.1, 0.15) is 55.6 Å². The Morgan fingerprint density at radius 1 is 1.43 bits per heavy atom. The summed E-state index contributed by atoms with van der Waals surface area (Å²) in [6.45, 7) is 7.92. The van der Waals surface area contributed by atoms with Crippen LogP contribution >= 0.6 is 11.3 Å². The van der Waals surface area contributed by atoms with Crippen LogP contribution in [0.25, 0.3) is 0 Å². The Hall–Kier alpha value is -1.73. The molecule has 0 bridgehead atoms. The van der Waals surface area contributed by atoms with Crippen molar-refractivity contribution in [2.75, 3.05) is 5.32 Å². The van der Waals surface area contributed by atoms with Gasteiger partial charge >= 0.3 is 0 Å². The number of hydrogen-bond donors (Lipinski definition) is 2. The molecule has 0 saturated heterocycles. The van der Waals surface area contributed by atoms with E-state index in [4.69, 9.17) is 4.52 Å². The van der Waals surface area contributed by atoms with Crippen LogP contribution in [0.15, 0.2) is 16.0 Å². The second-order valence-corrected chi connectivity index (χ2v) is 6.75. The lowest BCUT2D eigenvalue weighted by Gasteiger charge is -2.21. The summed E-state index contributed by atoms with van der Waals surface area (Å²) in [4.78, 5) is 17.0. The van der Waals surface area contributed by atoms with E-state index in [1.54, 1.807) is 24.3 Å². The molecule has 2 aromatic heterocycles. The van der Waals surface area contributed by atoms with Gasteiger partial charge in [-0.15, -0.1) is 11.3 Å². The number of carbonyl (C=O) groups excluding carboxylic acids is 1. The molecular weight excluding hydrogens is 312 g/mol. The van der Waals surface area contributed by atoms with Gasteiger partial charge in [-0.2, -0.15) is 0 Å². The average Bonchev–Trinajstić information content (AvgIpc) is 3.11. The lowest BCUT2D eigenvalue weighted by molar-refractivity contribution is -0.118. The van der Waals surface area contributed by atoms with Crippen LogP contribution in [-0.2, 0) is 4.79 Å². The Bertz CT molecular complexity index is 638. The van der Waals surface area contributed by atoms with Gasteiger partial charge in [0.2, 0.25) is 5.91 Å². The van der Waals surface area contributed by atoms with E-state index in [0.717, 1.165) is 30.0 Å². The summed E-state index contributed by atoms with van der Waals surface area (Å²) in [5.74, 6) is 1.03. The number of thiazole rings is 1. The van der Waals surface area contributed by atoms with Crippen LogP contribution in [0.2, 0.25) is 0 Å². The average molecular weight is 336 g/mol. The van der Waals surface area contributed by atoms with E-state index in [2.05, 4.69) is 27.7 Å². The lowest BCUT2D eigenvalue weighted by atomic mass is 10.1. The number of nitrogens with one attached hydrogen (secondary N) is 2. The van der Waals surface area contributed by atoms with Gasteiger partial charge in [-0.25, -0.2) is 4.98 Å². The molecule has 0 fully saturated rings. The summed E-state index contributed by atoms with van der Waals surface area (Å²) < 4.78 is 4.99. The smallest absolute Gasteiger partial charge is 0.242 e. The van der Waals surface area contributed by atoms with Crippen molar-refractivity contribution in [3.63, 3.8) is 0 Å². The number of hydrogen-bond acceptors (Lipinski definition) is 6. The summed E-state index contributed by atoms with van der Waals surface area (Å²) in [6, 6.07) is 1.44. The number of anilines is 1. The molecule has 0 saturated carbocycles. The number of aryl methyl sites for hydroxylation is 2. The molecule has 0 aliphatic heterocycles. The zero-order valence-electron chi connectivity index (χ0n) is 14.0. The third-order valence-corrected chi connectivity index (χ3v) is 4.37. The number of aromatic nitrogens is 2. The molecule has 2 atom stereocenters. The van der Waals surface area contributed by atoms with Crippen LogP contribution in [0, 0.1) is 13.8 Å². The van der Waals surface area contributed by atoms with Gasteiger partial charge in [0.15, 0.2) is 5.82 Å². The number of nitrogens with zero attached hydrogens (tertiary/aromatic N) is 2. The minimum atomic E-state index is -0.288.